The van der Waals surface area contributed by atoms with Crippen molar-refractivity contribution in [1.82, 2.24) is 15.6 Å². The smallest absolute Gasteiger partial charge is 0.303 e. The Morgan fingerprint density at radius 3 is 2.02 bits per heavy atom. The predicted octanol–water partition coefficient (Wildman–Crippen LogP) is 7.77. The van der Waals surface area contributed by atoms with Crippen LogP contribution in [0.25, 0.3) is 0 Å². The molecule has 306 valence electrons. The van der Waals surface area contributed by atoms with Crippen LogP contribution < -0.4 is 30.7 Å². The summed E-state index contributed by atoms with van der Waals surface area (Å²) in [6.07, 6.45) is 1.87. The van der Waals surface area contributed by atoms with Gasteiger partial charge in [-0.05, 0) is 77.8 Å². The second-order valence-corrected chi connectivity index (χ2v) is 15.6. The van der Waals surface area contributed by atoms with Gasteiger partial charge in [-0.2, -0.15) is 5.01 Å². The summed E-state index contributed by atoms with van der Waals surface area (Å²) in [6.45, 7) is 18.9. The van der Waals surface area contributed by atoms with Crippen molar-refractivity contribution in [3.63, 3.8) is 0 Å². The predicted molar refractivity (Wildman–Crippen MR) is 231 cm³/mol. The topological polar surface area (TPSA) is 136 Å². The first-order valence-corrected chi connectivity index (χ1v) is 20.0. The fourth-order valence-electron chi connectivity index (χ4n) is 6.85. The van der Waals surface area contributed by atoms with E-state index in [9.17, 15) is 19.2 Å². The van der Waals surface area contributed by atoms with Gasteiger partial charge in [0, 0.05) is 36.8 Å². The molecule has 12 heteroatoms. The molecule has 0 radical (unpaired) electrons. The Hall–Kier alpha value is -6.01. The first-order valence-electron chi connectivity index (χ1n) is 20.0. The normalized spacial score (nSPS) is 15.5. The highest BCUT2D eigenvalue weighted by Gasteiger charge is 2.59. The Bertz CT molecular complexity index is 2130. The van der Waals surface area contributed by atoms with E-state index < -0.39 is 29.3 Å². The minimum Gasteiger partial charge on any atom is -0.483 e. The Morgan fingerprint density at radius 2 is 1.41 bits per heavy atom. The van der Waals surface area contributed by atoms with Crippen LogP contribution in [0.3, 0.4) is 0 Å². The number of hydrogen-bond donors (Lipinski definition) is 3. The quantitative estimate of drug-likeness (QED) is 0.0781. The number of nitrogens with one attached hydrogen (secondary N) is 3. The van der Waals surface area contributed by atoms with Crippen LogP contribution in [0, 0.1) is 0 Å². The maximum absolute atomic E-state index is 14.9. The zero-order chi connectivity index (χ0) is 42.3. The molecule has 0 saturated heterocycles. The van der Waals surface area contributed by atoms with Gasteiger partial charge in [0.2, 0.25) is 5.91 Å². The van der Waals surface area contributed by atoms with E-state index in [0.29, 0.717) is 35.9 Å². The SMILES string of the molecule is CCN(CC)N(c1ccccc1)C1(NC(C)=O)C(=O)N(c2ccccc2)N=C1NC(=O)c1cccc(NC(=O)COc2ccc(C(C)(C)CC)cc2C(C)(C)CC)c1. The van der Waals surface area contributed by atoms with E-state index in [-0.39, 0.29) is 28.8 Å². The molecule has 0 fully saturated rings. The van der Waals surface area contributed by atoms with Crippen molar-refractivity contribution in [3.05, 3.63) is 120 Å². The monoisotopic (exact) mass is 787 g/mol. The molecule has 0 spiro atoms. The highest BCUT2D eigenvalue weighted by atomic mass is 16.5. The molecule has 4 amide bonds. The molecule has 1 atom stereocenters. The highest BCUT2D eigenvalue weighted by molar-refractivity contribution is 6.28. The summed E-state index contributed by atoms with van der Waals surface area (Å²) in [6, 6.07) is 30.6. The van der Waals surface area contributed by atoms with Gasteiger partial charge in [-0.25, -0.2) is 5.01 Å². The van der Waals surface area contributed by atoms with Crippen LogP contribution in [0.15, 0.2) is 108 Å². The number of hydrazone groups is 1. The zero-order valence-electron chi connectivity index (χ0n) is 35.2. The van der Waals surface area contributed by atoms with Crippen LogP contribution in [0.4, 0.5) is 17.1 Å². The van der Waals surface area contributed by atoms with Gasteiger partial charge in [0.25, 0.3) is 17.5 Å². The lowest BCUT2D eigenvalue weighted by Crippen LogP contribution is -2.75. The standard InChI is InChI=1S/C46H57N7O5/c1-10-44(6,7)34-27-28-39(38(30-34)45(8,9)11-2)58-31-40(55)47-35-22-20-21-33(29-35)41(56)48-42-46(49-32(5)54,43(57)52(50-42)36-23-16-14-17-24-36)53(51(12-3)13-4)37-25-18-15-19-26-37/h14-30H,10-13,31H2,1-9H3,(H,47,55)(H,49,54)(H,48,50,56). The van der Waals surface area contributed by atoms with Gasteiger partial charge in [0.15, 0.2) is 12.4 Å². The second-order valence-electron chi connectivity index (χ2n) is 15.6. The summed E-state index contributed by atoms with van der Waals surface area (Å²) in [4.78, 5) is 55.5. The van der Waals surface area contributed by atoms with Crippen molar-refractivity contribution in [2.45, 2.75) is 91.6 Å². The summed E-state index contributed by atoms with van der Waals surface area (Å²) < 4.78 is 6.15. The van der Waals surface area contributed by atoms with Crippen molar-refractivity contribution in [3.8, 4) is 5.75 Å². The molecule has 0 aliphatic carbocycles. The van der Waals surface area contributed by atoms with Gasteiger partial charge in [-0.3, -0.25) is 24.2 Å². The average Bonchev–Trinajstić information content (AvgIpc) is 3.48. The summed E-state index contributed by atoms with van der Waals surface area (Å²) >= 11 is 0. The number of para-hydroxylation sites is 2. The van der Waals surface area contributed by atoms with Gasteiger partial charge >= 0.3 is 5.91 Å². The Morgan fingerprint density at radius 1 is 0.776 bits per heavy atom. The molecule has 12 nitrogen and oxygen atoms in total. The zero-order valence-corrected chi connectivity index (χ0v) is 35.2. The minimum atomic E-state index is -2.00. The molecule has 3 N–H and O–H groups in total. The van der Waals surface area contributed by atoms with Crippen molar-refractivity contribution in [2.75, 3.05) is 35.0 Å². The summed E-state index contributed by atoms with van der Waals surface area (Å²) in [7, 11) is 0. The van der Waals surface area contributed by atoms with Crippen molar-refractivity contribution < 1.29 is 23.9 Å². The molecule has 5 rings (SSSR count). The van der Waals surface area contributed by atoms with E-state index >= 15 is 0 Å². The maximum Gasteiger partial charge on any atom is 0.303 e. The third kappa shape index (κ3) is 9.07. The molecule has 0 aromatic heterocycles. The molecule has 1 unspecified atom stereocenters. The van der Waals surface area contributed by atoms with E-state index in [1.54, 1.807) is 47.5 Å². The molecular formula is C46H57N7O5. The molecule has 1 aliphatic rings. The number of carbonyl (C=O) groups excluding carboxylic acids is 4. The first-order chi connectivity index (χ1) is 27.6. The number of carbonyl (C=O) groups is 4. The van der Waals surface area contributed by atoms with Gasteiger partial charge in [0.1, 0.15) is 5.75 Å². The molecule has 1 heterocycles. The Kier molecular flexibility index (Phi) is 13.4. The van der Waals surface area contributed by atoms with E-state index in [1.165, 1.54) is 23.6 Å². The molecule has 4 aromatic carbocycles. The highest BCUT2D eigenvalue weighted by Crippen LogP contribution is 2.39. The Labute approximate surface area is 342 Å². The van der Waals surface area contributed by atoms with E-state index in [2.05, 4.69) is 74.7 Å². The molecular weight excluding hydrogens is 731 g/mol. The number of hydrogen-bond acceptors (Lipinski definition) is 8. The number of amidine groups is 1. The van der Waals surface area contributed by atoms with Gasteiger partial charge in [0.05, 0.1) is 11.4 Å². The van der Waals surface area contributed by atoms with E-state index in [1.807, 2.05) is 61.3 Å². The molecule has 58 heavy (non-hydrogen) atoms. The van der Waals surface area contributed by atoms with Crippen molar-refractivity contribution in [1.29, 1.82) is 0 Å². The molecule has 1 aliphatic heterocycles. The van der Waals surface area contributed by atoms with Crippen LogP contribution >= 0.6 is 0 Å². The number of nitrogens with zero attached hydrogens (tertiary/aromatic N) is 4. The number of benzene rings is 4. The molecule has 0 saturated carbocycles. The van der Waals surface area contributed by atoms with E-state index in [4.69, 9.17) is 4.74 Å². The van der Waals surface area contributed by atoms with Gasteiger partial charge < -0.3 is 20.7 Å². The average molecular weight is 788 g/mol. The Balaban J connectivity index is 1.45. The largest absolute Gasteiger partial charge is 0.483 e. The van der Waals surface area contributed by atoms with Crippen LogP contribution in [0.2, 0.25) is 0 Å². The number of amides is 4. The maximum atomic E-state index is 14.9. The number of ether oxygens (including phenoxy) is 1. The third-order valence-corrected chi connectivity index (χ3v) is 11.0. The van der Waals surface area contributed by atoms with Crippen LogP contribution in [-0.4, -0.2) is 59.8 Å². The summed E-state index contributed by atoms with van der Waals surface area (Å²) in [5.74, 6) is -1.59. The number of rotatable bonds is 16. The number of hydrazine groups is 1. The van der Waals surface area contributed by atoms with Gasteiger partial charge in [-0.15, -0.1) is 5.10 Å². The van der Waals surface area contributed by atoms with Crippen molar-refractivity contribution in [2.24, 2.45) is 5.10 Å². The minimum absolute atomic E-state index is 0.00890. The molecule has 0 bridgehead atoms. The fourth-order valence-corrected chi connectivity index (χ4v) is 6.85. The lowest BCUT2D eigenvalue weighted by molar-refractivity contribution is -0.129. The fraction of sp³-hybridized carbons (Fsp3) is 0.370. The lowest BCUT2D eigenvalue weighted by Gasteiger charge is -2.46. The number of anilines is 3. The first kappa shape index (κ1) is 43.1. The van der Waals surface area contributed by atoms with Gasteiger partial charge in [-0.1, -0.05) is 110 Å². The van der Waals surface area contributed by atoms with E-state index in [0.717, 1.165) is 18.4 Å². The van der Waals surface area contributed by atoms with Crippen LogP contribution in [0.1, 0.15) is 96.6 Å². The summed E-state index contributed by atoms with van der Waals surface area (Å²) in [5, 5.41) is 18.1. The molecule has 4 aromatic rings. The summed E-state index contributed by atoms with van der Waals surface area (Å²) in [5.41, 5.74) is 1.65. The lowest BCUT2D eigenvalue weighted by atomic mass is 9.76. The van der Waals surface area contributed by atoms with Crippen molar-refractivity contribution >= 4 is 46.5 Å². The van der Waals surface area contributed by atoms with Crippen LogP contribution in [-0.2, 0) is 25.2 Å². The third-order valence-electron chi connectivity index (χ3n) is 11.0. The second kappa shape index (κ2) is 18.1. The van der Waals surface area contributed by atoms with Crippen LogP contribution in [0.5, 0.6) is 5.75 Å².